The molecule has 0 aliphatic heterocycles. The Morgan fingerprint density at radius 2 is 2.06 bits per heavy atom. The average Bonchev–Trinajstić information content (AvgIpc) is 2.79. The second-order valence-electron chi connectivity index (χ2n) is 3.88. The van der Waals surface area contributed by atoms with Crippen LogP contribution in [0.4, 0.5) is 5.82 Å². The highest BCUT2D eigenvalue weighted by Crippen LogP contribution is 2.11. The van der Waals surface area contributed by atoms with Crippen molar-refractivity contribution in [3.05, 3.63) is 47.1 Å². The van der Waals surface area contributed by atoms with Crippen molar-refractivity contribution >= 4 is 23.3 Å². The molecule has 0 atom stereocenters. The Morgan fingerprint density at radius 1 is 1.33 bits per heavy atom. The van der Waals surface area contributed by atoms with Crippen LogP contribution in [0.2, 0.25) is 5.02 Å². The van der Waals surface area contributed by atoms with E-state index in [1.54, 1.807) is 29.1 Å². The van der Waals surface area contributed by atoms with Gasteiger partial charge in [-0.15, -0.1) is 0 Å². The minimum atomic E-state index is -0.0625. The molecule has 0 fully saturated rings. The van der Waals surface area contributed by atoms with Gasteiger partial charge in [0.25, 0.3) is 0 Å². The fraction of sp³-hybridized carbons (Fsp3) is 0.231. The lowest BCUT2D eigenvalue weighted by molar-refractivity contribution is -0.115. The van der Waals surface area contributed by atoms with Gasteiger partial charge in [-0.2, -0.15) is 5.10 Å². The third kappa shape index (κ3) is 3.11. The van der Waals surface area contributed by atoms with Gasteiger partial charge < -0.3 is 5.32 Å². The maximum Gasteiger partial charge on any atom is 0.229 e. The molecule has 2 aromatic rings. The van der Waals surface area contributed by atoms with Gasteiger partial charge in [-0.3, -0.25) is 4.79 Å². The molecular formula is C13H14ClN3O. The van der Waals surface area contributed by atoms with Crippen LogP contribution in [0.25, 0.3) is 0 Å². The average molecular weight is 264 g/mol. The number of halogens is 1. The summed E-state index contributed by atoms with van der Waals surface area (Å²) in [6.45, 7) is 2.70. The molecule has 94 valence electrons. The van der Waals surface area contributed by atoms with Crippen molar-refractivity contribution in [3.63, 3.8) is 0 Å². The van der Waals surface area contributed by atoms with E-state index in [0.717, 1.165) is 17.9 Å². The molecular weight excluding hydrogens is 250 g/mol. The standard InChI is InChI=1S/C13H14ClN3O/c1-2-17-12(7-8-15-17)16-13(18)9-10-3-5-11(14)6-4-10/h3-8H,2,9H2,1H3,(H,16,18). The lowest BCUT2D eigenvalue weighted by atomic mass is 10.1. The van der Waals surface area contributed by atoms with Gasteiger partial charge in [0.1, 0.15) is 5.82 Å². The maximum atomic E-state index is 11.8. The summed E-state index contributed by atoms with van der Waals surface area (Å²) in [5, 5.41) is 7.59. The van der Waals surface area contributed by atoms with Crippen LogP contribution in [0.15, 0.2) is 36.5 Å². The number of nitrogens with zero attached hydrogens (tertiary/aromatic N) is 2. The molecule has 0 unspecified atom stereocenters. The molecule has 1 N–H and O–H groups in total. The van der Waals surface area contributed by atoms with E-state index in [2.05, 4.69) is 10.4 Å². The van der Waals surface area contributed by atoms with Crippen LogP contribution in [0.1, 0.15) is 12.5 Å². The molecule has 0 radical (unpaired) electrons. The van der Waals surface area contributed by atoms with E-state index in [1.807, 2.05) is 19.1 Å². The fourth-order valence-electron chi connectivity index (χ4n) is 1.67. The number of amides is 1. The number of hydrogen-bond donors (Lipinski definition) is 1. The summed E-state index contributed by atoms with van der Waals surface area (Å²) in [5.41, 5.74) is 0.930. The molecule has 0 bridgehead atoms. The summed E-state index contributed by atoms with van der Waals surface area (Å²) in [6.07, 6.45) is 1.99. The van der Waals surface area contributed by atoms with Crippen molar-refractivity contribution in [1.82, 2.24) is 9.78 Å². The number of carbonyl (C=O) groups excluding carboxylic acids is 1. The molecule has 4 nitrogen and oxygen atoms in total. The number of carbonyl (C=O) groups is 1. The zero-order valence-electron chi connectivity index (χ0n) is 10.1. The van der Waals surface area contributed by atoms with Crippen LogP contribution in [-0.4, -0.2) is 15.7 Å². The van der Waals surface area contributed by atoms with Crippen molar-refractivity contribution in [2.24, 2.45) is 0 Å². The highest BCUT2D eigenvalue weighted by molar-refractivity contribution is 6.30. The van der Waals surface area contributed by atoms with Gasteiger partial charge >= 0.3 is 0 Å². The predicted octanol–water partition coefficient (Wildman–Crippen LogP) is 2.74. The van der Waals surface area contributed by atoms with Crippen LogP contribution >= 0.6 is 11.6 Å². The van der Waals surface area contributed by atoms with Gasteiger partial charge in [-0.25, -0.2) is 4.68 Å². The first-order valence-electron chi connectivity index (χ1n) is 5.75. The molecule has 18 heavy (non-hydrogen) atoms. The number of anilines is 1. The number of benzene rings is 1. The minimum Gasteiger partial charge on any atom is -0.311 e. The van der Waals surface area contributed by atoms with E-state index >= 15 is 0 Å². The Kier molecular flexibility index (Phi) is 3.99. The predicted molar refractivity (Wildman–Crippen MR) is 71.7 cm³/mol. The van der Waals surface area contributed by atoms with Crippen molar-refractivity contribution in [3.8, 4) is 0 Å². The normalized spacial score (nSPS) is 10.3. The fourth-order valence-corrected chi connectivity index (χ4v) is 1.79. The molecule has 0 saturated heterocycles. The van der Waals surface area contributed by atoms with Gasteiger partial charge in [0.2, 0.25) is 5.91 Å². The van der Waals surface area contributed by atoms with Gasteiger partial charge in [0, 0.05) is 17.6 Å². The maximum absolute atomic E-state index is 11.8. The number of aromatic nitrogens is 2. The highest BCUT2D eigenvalue weighted by Gasteiger charge is 2.07. The Hall–Kier alpha value is -1.81. The molecule has 1 aromatic heterocycles. The Bertz CT molecular complexity index is 533. The van der Waals surface area contributed by atoms with Crippen molar-refractivity contribution in [1.29, 1.82) is 0 Å². The van der Waals surface area contributed by atoms with Crippen molar-refractivity contribution in [2.75, 3.05) is 5.32 Å². The van der Waals surface area contributed by atoms with Gasteiger partial charge in [-0.1, -0.05) is 23.7 Å². The van der Waals surface area contributed by atoms with Crippen LogP contribution in [0.3, 0.4) is 0 Å². The lowest BCUT2D eigenvalue weighted by Crippen LogP contribution is -2.17. The second-order valence-corrected chi connectivity index (χ2v) is 4.32. The lowest BCUT2D eigenvalue weighted by Gasteiger charge is -2.07. The SMILES string of the molecule is CCn1nccc1NC(=O)Cc1ccc(Cl)cc1. The molecule has 1 amide bonds. The highest BCUT2D eigenvalue weighted by atomic mass is 35.5. The van der Waals surface area contributed by atoms with Crippen LogP contribution < -0.4 is 5.32 Å². The second kappa shape index (κ2) is 5.69. The van der Waals surface area contributed by atoms with Crippen LogP contribution in [0.5, 0.6) is 0 Å². The topological polar surface area (TPSA) is 46.9 Å². The Labute approximate surface area is 111 Å². The number of nitrogens with one attached hydrogen (secondary N) is 1. The van der Waals surface area contributed by atoms with Crippen molar-refractivity contribution < 1.29 is 4.79 Å². The van der Waals surface area contributed by atoms with Crippen molar-refractivity contribution in [2.45, 2.75) is 19.9 Å². The van der Waals surface area contributed by atoms with Crippen LogP contribution in [-0.2, 0) is 17.8 Å². The minimum absolute atomic E-state index is 0.0625. The smallest absolute Gasteiger partial charge is 0.229 e. The van der Waals surface area contributed by atoms with E-state index in [1.165, 1.54) is 0 Å². The summed E-state index contributed by atoms with van der Waals surface area (Å²) in [4.78, 5) is 11.8. The van der Waals surface area contributed by atoms with Crippen LogP contribution in [0, 0.1) is 0 Å². The van der Waals surface area contributed by atoms with E-state index in [4.69, 9.17) is 11.6 Å². The summed E-state index contributed by atoms with van der Waals surface area (Å²) in [6, 6.07) is 9.03. The first-order chi connectivity index (χ1) is 8.69. The summed E-state index contributed by atoms with van der Waals surface area (Å²) in [7, 11) is 0. The monoisotopic (exact) mass is 263 g/mol. The van der Waals surface area contributed by atoms with Gasteiger partial charge in [0.15, 0.2) is 0 Å². The van der Waals surface area contributed by atoms with E-state index in [9.17, 15) is 4.79 Å². The molecule has 1 aromatic carbocycles. The van der Waals surface area contributed by atoms with Gasteiger partial charge in [0.05, 0.1) is 12.6 Å². The molecule has 0 saturated carbocycles. The molecule has 1 heterocycles. The third-order valence-corrected chi connectivity index (χ3v) is 2.81. The number of rotatable bonds is 4. The zero-order valence-corrected chi connectivity index (χ0v) is 10.8. The first kappa shape index (κ1) is 12.6. The summed E-state index contributed by atoms with van der Waals surface area (Å²) >= 11 is 5.79. The quantitative estimate of drug-likeness (QED) is 0.922. The van der Waals surface area contributed by atoms with E-state index in [-0.39, 0.29) is 5.91 Å². The Morgan fingerprint density at radius 3 is 2.72 bits per heavy atom. The van der Waals surface area contributed by atoms with E-state index < -0.39 is 0 Å². The first-order valence-corrected chi connectivity index (χ1v) is 6.13. The Balaban J connectivity index is 1.99. The zero-order chi connectivity index (χ0) is 13.0. The molecule has 0 spiro atoms. The third-order valence-electron chi connectivity index (χ3n) is 2.56. The van der Waals surface area contributed by atoms with E-state index in [0.29, 0.717) is 11.4 Å². The van der Waals surface area contributed by atoms with Gasteiger partial charge in [-0.05, 0) is 24.6 Å². The molecule has 0 aliphatic carbocycles. The number of hydrogen-bond acceptors (Lipinski definition) is 2. The summed E-state index contributed by atoms with van der Waals surface area (Å²) in [5.74, 6) is 0.656. The molecule has 0 aliphatic rings. The largest absolute Gasteiger partial charge is 0.311 e. The molecule has 5 heteroatoms. The number of aryl methyl sites for hydroxylation is 1. The molecule has 2 rings (SSSR count). The summed E-state index contributed by atoms with van der Waals surface area (Å²) < 4.78 is 1.74.